The van der Waals surface area contributed by atoms with Crippen LogP contribution in [-0.4, -0.2) is 17.9 Å². The molecule has 5 heteroatoms. The van der Waals surface area contributed by atoms with Gasteiger partial charge in [0.25, 0.3) is 0 Å². The van der Waals surface area contributed by atoms with E-state index in [0.717, 1.165) is 0 Å². The molecule has 0 amide bonds. The number of halogens is 2. The minimum absolute atomic E-state index is 0.104. The molecule has 0 unspecified atom stereocenters. The van der Waals surface area contributed by atoms with Crippen LogP contribution < -0.4 is 4.74 Å². The van der Waals surface area contributed by atoms with Gasteiger partial charge in [-0.3, -0.25) is 4.79 Å². The van der Waals surface area contributed by atoms with Crippen molar-refractivity contribution in [2.75, 3.05) is 6.61 Å². The number of carbonyl (C=O) groups is 1. The minimum Gasteiger partial charge on any atom is -0.485 e. The van der Waals surface area contributed by atoms with Crippen molar-refractivity contribution < 1.29 is 18.3 Å². The Bertz CT molecular complexity index is 541. The molecule has 0 aliphatic heterocycles. The van der Waals surface area contributed by atoms with Crippen LogP contribution in [0.4, 0.5) is 8.78 Å². The van der Waals surface area contributed by atoms with Crippen molar-refractivity contribution in [3.63, 3.8) is 0 Å². The number of aldehydes is 1. The van der Waals surface area contributed by atoms with E-state index in [-0.39, 0.29) is 17.0 Å². The number of carbonyl (C=O) groups excluding carboxylic acids is 1. The van der Waals surface area contributed by atoms with Gasteiger partial charge in [-0.15, -0.1) is 0 Å². The molecule has 0 radical (unpaired) electrons. The molecular weight excluding hydrogens is 252 g/mol. The van der Waals surface area contributed by atoms with Crippen LogP contribution in [0.25, 0.3) is 0 Å². The Hall–Kier alpha value is -2.30. The molecule has 1 aromatic carbocycles. The molecule has 0 spiro atoms. The average molecular weight is 263 g/mol. The number of alkyl halides is 2. The topological polar surface area (TPSA) is 39.2 Å². The lowest BCUT2D eigenvalue weighted by Gasteiger charge is -2.17. The summed E-state index contributed by atoms with van der Waals surface area (Å²) in [5.41, 5.74) is 0.120. The first-order valence-corrected chi connectivity index (χ1v) is 5.59. The van der Waals surface area contributed by atoms with Crippen LogP contribution in [-0.2, 0) is 5.92 Å². The van der Waals surface area contributed by atoms with Gasteiger partial charge in [-0.2, -0.15) is 8.78 Å². The molecule has 1 heterocycles. The summed E-state index contributed by atoms with van der Waals surface area (Å²) in [6.45, 7) is -0.779. The van der Waals surface area contributed by atoms with Crippen LogP contribution in [0.5, 0.6) is 5.75 Å². The van der Waals surface area contributed by atoms with Gasteiger partial charge in [0.15, 0.2) is 12.9 Å². The second-order valence-electron chi connectivity index (χ2n) is 3.90. The number of benzene rings is 1. The number of rotatable bonds is 5. The first-order chi connectivity index (χ1) is 9.12. The fraction of sp³-hybridized carbons (Fsp3) is 0.143. The Morgan fingerprint density at radius 3 is 2.47 bits per heavy atom. The van der Waals surface area contributed by atoms with Gasteiger partial charge >= 0.3 is 5.92 Å². The van der Waals surface area contributed by atoms with Crippen molar-refractivity contribution in [2.45, 2.75) is 5.92 Å². The molecule has 0 N–H and O–H groups in total. The lowest BCUT2D eigenvalue weighted by atomic mass is 10.1. The standard InChI is InChI=1S/C14H11F2NO2/c15-14(16,11-4-2-1-3-5-11)10-19-13-7-6-12(9-18)17-8-13/h1-9H,10H2. The van der Waals surface area contributed by atoms with Crippen LogP contribution in [0.1, 0.15) is 16.1 Å². The van der Waals surface area contributed by atoms with Crippen LogP contribution in [0.15, 0.2) is 48.7 Å². The summed E-state index contributed by atoms with van der Waals surface area (Å²) in [5.74, 6) is -2.88. The molecular formula is C14H11F2NO2. The molecule has 98 valence electrons. The number of ether oxygens (including phenoxy) is 1. The highest BCUT2D eigenvalue weighted by Gasteiger charge is 2.32. The zero-order valence-corrected chi connectivity index (χ0v) is 9.92. The minimum atomic E-state index is -3.08. The van der Waals surface area contributed by atoms with Crippen molar-refractivity contribution in [3.8, 4) is 5.75 Å². The van der Waals surface area contributed by atoms with Gasteiger partial charge in [0.2, 0.25) is 0 Å². The summed E-state index contributed by atoms with van der Waals surface area (Å²) < 4.78 is 32.6. The largest absolute Gasteiger partial charge is 0.485 e. The Kier molecular flexibility index (Phi) is 3.85. The summed E-state index contributed by atoms with van der Waals surface area (Å²) in [4.78, 5) is 14.1. The molecule has 3 nitrogen and oxygen atoms in total. The Balaban J connectivity index is 2.03. The van der Waals surface area contributed by atoms with E-state index in [1.807, 2.05) is 0 Å². The van der Waals surface area contributed by atoms with E-state index in [4.69, 9.17) is 4.74 Å². The summed E-state index contributed by atoms with van der Waals surface area (Å²) in [7, 11) is 0. The van der Waals surface area contributed by atoms with Crippen molar-refractivity contribution in [3.05, 3.63) is 59.9 Å². The van der Waals surface area contributed by atoms with Crippen LogP contribution in [0, 0.1) is 0 Å². The smallest absolute Gasteiger partial charge is 0.306 e. The fourth-order valence-electron chi connectivity index (χ4n) is 1.49. The summed E-state index contributed by atoms with van der Waals surface area (Å²) >= 11 is 0. The molecule has 0 saturated heterocycles. The zero-order chi connectivity index (χ0) is 13.7. The van der Waals surface area contributed by atoms with Crippen LogP contribution >= 0.6 is 0 Å². The van der Waals surface area contributed by atoms with Gasteiger partial charge in [0, 0.05) is 5.56 Å². The zero-order valence-electron chi connectivity index (χ0n) is 9.92. The highest BCUT2D eigenvalue weighted by atomic mass is 19.3. The molecule has 0 bridgehead atoms. The van der Waals surface area contributed by atoms with Gasteiger partial charge < -0.3 is 4.74 Å². The number of hydrogen-bond acceptors (Lipinski definition) is 3. The molecule has 2 rings (SSSR count). The molecule has 1 aromatic heterocycles. The monoisotopic (exact) mass is 263 g/mol. The second-order valence-corrected chi connectivity index (χ2v) is 3.90. The van der Waals surface area contributed by atoms with Crippen LogP contribution in [0.3, 0.4) is 0 Å². The molecule has 2 aromatic rings. The Morgan fingerprint density at radius 1 is 1.16 bits per heavy atom. The highest BCUT2D eigenvalue weighted by molar-refractivity contribution is 5.71. The number of pyridine rings is 1. The maximum Gasteiger partial charge on any atom is 0.306 e. The van der Waals surface area contributed by atoms with Gasteiger partial charge in [0.1, 0.15) is 11.4 Å². The van der Waals surface area contributed by atoms with E-state index in [2.05, 4.69) is 4.98 Å². The first-order valence-electron chi connectivity index (χ1n) is 5.59. The SMILES string of the molecule is O=Cc1ccc(OCC(F)(F)c2ccccc2)cn1. The van der Waals surface area contributed by atoms with E-state index in [0.29, 0.717) is 6.29 Å². The predicted molar refractivity (Wildman–Crippen MR) is 65.5 cm³/mol. The van der Waals surface area contributed by atoms with Crippen molar-refractivity contribution >= 4 is 6.29 Å². The quantitative estimate of drug-likeness (QED) is 0.778. The van der Waals surface area contributed by atoms with Gasteiger partial charge in [0.05, 0.1) is 6.20 Å². The lowest BCUT2D eigenvalue weighted by molar-refractivity contribution is -0.0468. The van der Waals surface area contributed by atoms with E-state index in [1.54, 1.807) is 18.2 Å². The number of nitrogens with zero attached hydrogens (tertiary/aromatic N) is 1. The van der Waals surface area contributed by atoms with Crippen molar-refractivity contribution in [1.29, 1.82) is 0 Å². The maximum atomic E-state index is 13.8. The van der Waals surface area contributed by atoms with Crippen molar-refractivity contribution in [1.82, 2.24) is 4.98 Å². The predicted octanol–water partition coefficient (Wildman–Crippen LogP) is 3.06. The van der Waals surface area contributed by atoms with E-state index in [1.165, 1.54) is 30.5 Å². The first kappa shape index (κ1) is 13.1. The van der Waals surface area contributed by atoms with E-state index < -0.39 is 12.5 Å². The fourth-order valence-corrected chi connectivity index (χ4v) is 1.49. The maximum absolute atomic E-state index is 13.8. The molecule has 0 aliphatic rings. The molecule has 0 saturated carbocycles. The summed E-state index contributed by atoms with van der Waals surface area (Å²) in [5, 5.41) is 0. The molecule has 0 aliphatic carbocycles. The second kappa shape index (κ2) is 5.56. The summed E-state index contributed by atoms with van der Waals surface area (Å²) in [6, 6.07) is 10.3. The van der Waals surface area contributed by atoms with Gasteiger partial charge in [-0.1, -0.05) is 30.3 Å². The normalized spacial score (nSPS) is 11.1. The average Bonchev–Trinajstić information content (AvgIpc) is 2.47. The Labute approximate surface area is 108 Å². The van der Waals surface area contributed by atoms with Crippen LogP contribution in [0.2, 0.25) is 0 Å². The molecule has 0 fully saturated rings. The van der Waals surface area contributed by atoms with Crippen molar-refractivity contribution in [2.24, 2.45) is 0 Å². The molecule has 0 atom stereocenters. The third-order valence-electron chi connectivity index (χ3n) is 2.50. The number of aromatic nitrogens is 1. The lowest BCUT2D eigenvalue weighted by Crippen LogP contribution is -2.23. The van der Waals surface area contributed by atoms with E-state index >= 15 is 0 Å². The van der Waals surface area contributed by atoms with E-state index in [9.17, 15) is 13.6 Å². The molecule has 19 heavy (non-hydrogen) atoms. The Morgan fingerprint density at radius 2 is 1.89 bits per heavy atom. The highest BCUT2D eigenvalue weighted by Crippen LogP contribution is 2.28. The van der Waals surface area contributed by atoms with Gasteiger partial charge in [-0.05, 0) is 12.1 Å². The summed E-state index contributed by atoms with van der Waals surface area (Å²) in [6.07, 6.45) is 1.81. The van der Waals surface area contributed by atoms with Gasteiger partial charge in [-0.25, -0.2) is 4.98 Å². The number of hydrogen-bond donors (Lipinski definition) is 0. The third kappa shape index (κ3) is 3.34. The third-order valence-corrected chi connectivity index (χ3v) is 2.50.